The molecular formula is C16H25N3O. The van der Waals surface area contributed by atoms with Crippen LogP contribution in [-0.2, 0) is 0 Å². The van der Waals surface area contributed by atoms with Crippen LogP contribution in [0.3, 0.4) is 0 Å². The Kier molecular flexibility index (Phi) is 3.87. The van der Waals surface area contributed by atoms with Crippen molar-refractivity contribution in [3.63, 3.8) is 0 Å². The highest BCUT2D eigenvalue weighted by atomic mass is 16.1. The fourth-order valence-electron chi connectivity index (χ4n) is 3.35. The SMILES string of the molecule is Cc1cccc(C(=O)NC2CC(C)(C)NC(C)(C)C2)n1. The molecule has 0 aliphatic carbocycles. The minimum atomic E-state index is -0.0767. The lowest BCUT2D eigenvalue weighted by Crippen LogP contribution is -2.62. The molecule has 0 bridgehead atoms. The number of nitrogens with zero attached hydrogens (tertiary/aromatic N) is 1. The van der Waals surface area contributed by atoms with Crippen molar-refractivity contribution in [2.75, 3.05) is 0 Å². The summed E-state index contributed by atoms with van der Waals surface area (Å²) in [4.78, 5) is 16.6. The van der Waals surface area contributed by atoms with E-state index in [1.165, 1.54) is 0 Å². The van der Waals surface area contributed by atoms with E-state index in [9.17, 15) is 4.79 Å². The summed E-state index contributed by atoms with van der Waals surface area (Å²) in [5.41, 5.74) is 1.42. The molecule has 0 aromatic carbocycles. The minimum absolute atomic E-state index is 0.0275. The third-order valence-corrected chi connectivity index (χ3v) is 3.65. The molecule has 2 N–H and O–H groups in total. The van der Waals surface area contributed by atoms with Crippen LogP contribution in [0.15, 0.2) is 18.2 Å². The van der Waals surface area contributed by atoms with Crippen LogP contribution in [0.4, 0.5) is 0 Å². The number of pyridine rings is 1. The summed E-state index contributed by atoms with van der Waals surface area (Å²) in [5, 5.41) is 6.75. The van der Waals surface area contributed by atoms with Crippen molar-refractivity contribution in [2.45, 2.75) is 64.6 Å². The smallest absolute Gasteiger partial charge is 0.270 e. The molecule has 1 aliphatic heterocycles. The summed E-state index contributed by atoms with van der Waals surface area (Å²) in [7, 11) is 0. The third-order valence-electron chi connectivity index (χ3n) is 3.65. The first-order chi connectivity index (χ1) is 9.17. The molecule has 1 fully saturated rings. The lowest BCUT2D eigenvalue weighted by atomic mass is 9.79. The van der Waals surface area contributed by atoms with Gasteiger partial charge in [0.05, 0.1) is 0 Å². The Balaban J connectivity index is 2.08. The monoisotopic (exact) mass is 275 g/mol. The number of aryl methyl sites for hydroxylation is 1. The van der Waals surface area contributed by atoms with Gasteiger partial charge in [0.15, 0.2) is 0 Å². The number of aromatic nitrogens is 1. The summed E-state index contributed by atoms with van der Waals surface area (Å²) in [6.07, 6.45) is 1.85. The van der Waals surface area contributed by atoms with Crippen LogP contribution in [0, 0.1) is 6.92 Å². The van der Waals surface area contributed by atoms with E-state index in [0.717, 1.165) is 18.5 Å². The lowest BCUT2D eigenvalue weighted by molar-refractivity contribution is 0.0868. The van der Waals surface area contributed by atoms with Crippen molar-refractivity contribution in [1.82, 2.24) is 15.6 Å². The molecule has 0 spiro atoms. The van der Waals surface area contributed by atoms with Gasteiger partial charge in [-0.15, -0.1) is 0 Å². The molecule has 1 saturated heterocycles. The standard InChI is InChI=1S/C16H25N3O/c1-11-7-6-8-13(17-11)14(20)18-12-9-15(2,3)19-16(4,5)10-12/h6-8,12,19H,9-10H2,1-5H3,(H,18,20). The zero-order valence-corrected chi connectivity index (χ0v) is 13.1. The van der Waals surface area contributed by atoms with E-state index in [1.807, 2.05) is 19.1 Å². The number of piperidine rings is 1. The number of amides is 1. The normalized spacial score (nSPS) is 21.4. The van der Waals surface area contributed by atoms with Gasteiger partial charge in [-0.2, -0.15) is 0 Å². The first-order valence-electron chi connectivity index (χ1n) is 7.21. The van der Waals surface area contributed by atoms with Crippen molar-refractivity contribution >= 4 is 5.91 Å². The van der Waals surface area contributed by atoms with Gasteiger partial charge in [0.25, 0.3) is 5.91 Å². The summed E-state index contributed by atoms with van der Waals surface area (Å²) >= 11 is 0. The van der Waals surface area contributed by atoms with E-state index in [1.54, 1.807) is 6.07 Å². The predicted molar refractivity (Wildman–Crippen MR) is 80.8 cm³/mol. The molecule has 0 unspecified atom stereocenters. The fourth-order valence-corrected chi connectivity index (χ4v) is 3.35. The molecule has 110 valence electrons. The van der Waals surface area contributed by atoms with Crippen LogP contribution in [0.2, 0.25) is 0 Å². The third kappa shape index (κ3) is 3.79. The minimum Gasteiger partial charge on any atom is -0.348 e. The molecule has 0 atom stereocenters. The van der Waals surface area contributed by atoms with Gasteiger partial charge in [-0.1, -0.05) is 6.07 Å². The number of rotatable bonds is 2. The maximum absolute atomic E-state index is 12.3. The number of carbonyl (C=O) groups is 1. The maximum atomic E-state index is 12.3. The van der Waals surface area contributed by atoms with E-state index in [2.05, 4.69) is 43.3 Å². The molecule has 0 saturated carbocycles. The molecule has 20 heavy (non-hydrogen) atoms. The molecule has 1 aromatic heterocycles. The zero-order valence-electron chi connectivity index (χ0n) is 13.1. The van der Waals surface area contributed by atoms with Gasteiger partial charge >= 0.3 is 0 Å². The van der Waals surface area contributed by atoms with Crippen LogP contribution < -0.4 is 10.6 Å². The highest BCUT2D eigenvalue weighted by Crippen LogP contribution is 2.28. The average molecular weight is 275 g/mol. The summed E-state index contributed by atoms with van der Waals surface area (Å²) in [6.45, 7) is 10.6. The van der Waals surface area contributed by atoms with Crippen molar-refractivity contribution in [1.29, 1.82) is 0 Å². The molecule has 0 radical (unpaired) electrons. The van der Waals surface area contributed by atoms with E-state index in [-0.39, 0.29) is 23.0 Å². The summed E-state index contributed by atoms with van der Waals surface area (Å²) in [5.74, 6) is -0.0767. The predicted octanol–water partition coefficient (Wildman–Crippen LogP) is 2.43. The lowest BCUT2D eigenvalue weighted by Gasteiger charge is -2.46. The van der Waals surface area contributed by atoms with Gasteiger partial charge in [0.1, 0.15) is 5.69 Å². The topological polar surface area (TPSA) is 54.0 Å². The second kappa shape index (κ2) is 5.17. The van der Waals surface area contributed by atoms with Crippen molar-refractivity contribution in [3.8, 4) is 0 Å². The fraction of sp³-hybridized carbons (Fsp3) is 0.625. The van der Waals surface area contributed by atoms with Crippen LogP contribution in [0.1, 0.15) is 56.7 Å². The second-order valence-electron chi connectivity index (χ2n) is 7.14. The first kappa shape index (κ1) is 15.0. The Morgan fingerprint density at radius 3 is 2.40 bits per heavy atom. The quantitative estimate of drug-likeness (QED) is 0.871. The number of hydrogen-bond donors (Lipinski definition) is 2. The Hall–Kier alpha value is -1.42. The molecule has 1 aliphatic rings. The van der Waals surface area contributed by atoms with Crippen molar-refractivity contribution in [3.05, 3.63) is 29.6 Å². The molecule has 1 aromatic rings. The number of nitrogens with one attached hydrogen (secondary N) is 2. The molecule has 1 amide bonds. The van der Waals surface area contributed by atoms with Crippen molar-refractivity contribution < 1.29 is 4.79 Å². The molecule has 2 rings (SSSR count). The van der Waals surface area contributed by atoms with Crippen LogP contribution in [0.25, 0.3) is 0 Å². The van der Waals surface area contributed by atoms with Crippen LogP contribution in [-0.4, -0.2) is 28.0 Å². The molecule has 4 nitrogen and oxygen atoms in total. The van der Waals surface area contributed by atoms with Gasteiger partial charge in [-0.05, 0) is 59.6 Å². The van der Waals surface area contributed by atoms with Crippen LogP contribution >= 0.6 is 0 Å². The summed E-state index contributed by atoms with van der Waals surface area (Å²) < 4.78 is 0. The van der Waals surface area contributed by atoms with E-state index >= 15 is 0 Å². The molecular weight excluding hydrogens is 250 g/mol. The number of carbonyl (C=O) groups excluding carboxylic acids is 1. The van der Waals surface area contributed by atoms with E-state index < -0.39 is 0 Å². The highest BCUT2D eigenvalue weighted by molar-refractivity contribution is 5.92. The molecule has 2 heterocycles. The van der Waals surface area contributed by atoms with Gasteiger partial charge in [-0.3, -0.25) is 4.79 Å². The first-order valence-corrected chi connectivity index (χ1v) is 7.21. The highest BCUT2D eigenvalue weighted by Gasteiger charge is 2.38. The van der Waals surface area contributed by atoms with Crippen LogP contribution in [0.5, 0.6) is 0 Å². The zero-order chi connectivity index (χ0) is 15.0. The Bertz CT molecular complexity index is 492. The van der Waals surface area contributed by atoms with E-state index in [0.29, 0.717) is 5.69 Å². The van der Waals surface area contributed by atoms with Gasteiger partial charge in [0, 0.05) is 22.8 Å². The average Bonchev–Trinajstić information content (AvgIpc) is 2.24. The largest absolute Gasteiger partial charge is 0.348 e. The van der Waals surface area contributed by atoms with Gasteiger partial charge in [0.2, 0.25) is 0 Å². The Morgan fingerprint density at radius 2 is 1.85 bits per heavy atom. The Morgan fingerprint density at radius 1 is 1.25 bits per heavy atom. The van der Waals surface area contributed by atoms with Crippen molar-refractivity contribution in [2.24, 2.45) is 0 Å². The van der Waals surface area contributed by atoms with Gasteiger partial charge in [-0.25, -0.2) is 4.98 Å². The van der Waals surface area contributed by atoms with E-state index in [4.69, 9.17) is 0 Å². The molecule has 4 heteroatoms. The Labute approximate surface area is 121 Å². The summed E-state index contributed by atoms with van der Waals surface area (Å²) in [6, 6.07) is 5.71. The maximum Gasteiger partial charge on any atom is 0.270 e. The second-order valence-corrected chi connectivity index (χ2v) is 7.14. The number of hydrogen-bond acceptors (Lipinski definition) is 3. The van der Waals surface area contributed by atoms with Gasteiger partial charge < -0.3 is 10.6 Å².